The molecule has 11 nitrogen and oxygen atoms in total. The molecule has 0 spiro atoms. The maximum absolute atomic E-state index is 7.00. The number of ether oxygens (including phenoxy) is 3. The molecule has 1 atom stereocenters. The second-order valence-corrected chi connectivity index (χ2v) is 10.4. The van der Waals surface area contributed by atoms with Gasteiger partial charge in [-0.1, -0.05) is 26.8 Å². The van der Waals surface area contributed by atoms with Gasteiger partial charge in [-0.25, -0.2) is 9.55 Å². The van der Waals surface area contributed by atoms with Crippen molar-refractivity contribution in [1.82, 2.24) is 29.7 Å². The first-order chi connectivity index (χ1) is 17.3. The lowest BCUT2D eigenvalue weighted by Crippen LogP contribution is -2.33. The van der Waals surface area contributed by atoms with Crippen molar-refractivity contribution in [3.8, 4) is 34.8 Å². The smallest absolute Gasteiger partial charge is 0.245 e. The first-order valence-electron chi connectivity index (χ1n) is 11.6. The number of methoxy groups -OCH3 is 3. The first kappa shape index (κ1) is 27.5. The summed E-state index contributed by atoms with van der Waals surface area (Å²) in [4.78, 5) is 13.1. The highest BCUT2D eigenvalue weighted by Crippen LogP contribution is 2.47. The highest BCUT2D eigenvalue weighted by molar-refractivity contribution is 8.01. The molecule has 3 heterocycles. The fraction of sp³-hybridized carbons (Fsp3) is 0.542. The number of hydrogen-bond donors (Lipinski definition) is 2. The Balaban J connectivity index is 0.00000176. The van der Waals surface area contributed by atoms with Gasteiger partial charge in [0, 0.05) is 18.4 Å². The summed E-state index contributed by atoms with van der Waals surface area (Å²) in [5.74, 6) is 2.86. The van der Waals surface area contributed by atoms with Gasteiger partial charge in [-0.3, -0.25) is 4.72 Å². The zero-order valence-electron chi connectivity index (χ0n) is 21.8. The predicted octanol–water partition coefficient (Wildman–Crippen LogP) is 4.03. The number of aliphatic hydroxyl groups excluding tert-OH is 1. The fourth-order valence-electron chi connectivity index (χ4n) is 4.56. The molecule has 2 N–H and O–H groups in total. The number of aliphatic hydroxyl groups is 1. The minimum atomic E-state index is 0.327. The van der Waals surface area contributed by atoms with E-state index in [1.807, 2.05) is 12.1 Å². The van der Waals surface area contributed by atoms with Crippen LogP contribution in [-0.2, 0) is 0 Å². The van der Waals surface area contributed by atoms with Crippen LogP contribution in [0.25, 0.3) is 17.2 Å². The van der Waals surface area contributed by atoms with Gasteiger partial charge in [0.05, 0.1) is 21.3 Å². The lowest BCUT2D eigenvalue weighted by atomic mass is 9.63. The van der Waals surface area contributed by atoms with Crippen LogP contribution >= 0.6 is 11.9 Å². The van der Waals surface area contributed by atoms with Crippen LogP contribution in [0.5, 0.6) is 17.6 Å². The van der Waals surface area contributed by atoms with Gasteiger partial charge in [0.15, 0.2) is 11.5 Å². The summed E-state index contributed by atoms with van der Waals surface area (Å²) in [6, 6.07) is 5.46. The number of nitrogens with one attached hydrogen (secondary N) is 1. The summed E-state index contributed by atoms with van der Waals surface area (Å²) in [6.07, 6.45) is 5.07. The lowest BCUT2D eigenvalue weighted by Gasteiger charge is -2.43. The Morgan fingerprint density at radius 1 is 1.08 bits per heavy atom. The molecule has 3 aromatic rings. The minimum Gasteiger partial charge on any atom is -0.481 e. The molecule has 196 valence electrons. The van der Waals surface area contributed by atoms with E-state index >= 15 is 0 Å². The normalized spacial score (nSPS) is 15.2. The third-order valence-corrected chi connectivity index (χ3v) is 6.78. The monoisotopic (exact) mass is 517 g/mol. The van der Waals surface area contributed by atoms with Crippen molar-refractivity contribution in [3.05, 3.63) is 24.5 Å². The highest BCUT2D eigenvalue weighted by Gasteiger charge is 2.36. The predicted molar refractivity (Wildman–Crippen MR) is 140 cm³/mol. The lowest BCUT2D eigenvalue weighted by molar-refractivity contribution is 0.0905. The molecule has 0 aromatic carbocycles. The second kappa shape index (κ2) is 12.2. The van der Waals surface area contributed by atoms with E-state index in [9.17, 15) is 0 Å². The molecule has 0 amide bonds. The topological polar surface area (TPSA) is 129 Å². The molecule has 0 bridgehead atoms. The molecule has 1 unspecified atom stereocenters. The standard InChI is InChI=1S/C23H31N7O3S.CH4O/c1-14(10-15-11-23(2,3)12-15)34-29-22-28-27-19(16-8-7-9-17(26-16)31-4)30(22)18-20(32-5)24-13-25-21(18)33-6;1-2/h7-9,13-15H,10-12H2,1-6H3,(H,28,29);2H,1H3. The molecule has 0 aliphatic heterocycles. The summed E-state index contributed by atoms with van der Waals surface area (Å²) in [7, 11) is 5.66. The molecule has 4 rings (SSSR count). The minimum absolute atomic E-state index is 0.327. The number of rotatable bonds is 10. The molecule has 12 heteroatoms. The van der Waals surface area contributed by atoms with Crippen LogP contribution in [0.1, 0.15) is 40.0 Å². The number of anilines is 1. The summed E-state index contributed by atoms with van der Waals surface area (Å²) < 4.78 is 21.5. The van der Waals surface area contributed by atoms with Gasteiger partial charge in [-0.2, -0.15) is 9.97 Å². The van der Waals surface area contributed by atoms with Gasteiger partial charge in [0.25, 0.3) is 0 Å². The zero-order valence-corrected chi connectivity index (χ0v) is 22.7. The van der Waals surface area contributed by atoms with Gasteiger partial charge in [0.1, 0.15) is 12.0 Å². The highest BCUT2D eigenvalue weighted by atomic mass is 32.2. The van der Waals surface area contributed by atoms with Gasteiger partial charge in [-0.15, -0.1) is 10.2 Å². The molecule has 1 aliphatic carbocycles. The SMILES string of the molecule is CO.COc1cccc(-c2nnc(NSC(C)CC3CC(C)(C)C3)n2-c2c(OC)ncnc2OC)n1. The average Bonchev–Trinajstić information content (AvgIpc) is 3.30. The summed E-state index contributed by atoms with van der Waals surface area (Å²) >= 11 is 1.62. The van der Waals surface area contributed by atoms with Crippen LogP contribution in [0, 0.1) is 11.3 Å². The molecule has 3 aromatic heterocycles. The Bertz CT molecular complexity index is 1110. The first-order valence-corrected chi connectivity index (χ1v) is 12.5. The average molecular weight is 518 g/mol. The van der Waals surface area contributed by atoms with Gasteiger partial charge >= 0.3 is 0 Å². The number of nitrogens with zero attached hydrogens (tertiary/aromatic N) is 6. The summed E-state index contributed by atoms with van der Waals surface area (Å²) in [5.41, 5.74) is 1.53. The van der Waals surface area contributed by atoms with Gasteiger partial charge < -0.3 is 19.3 Å². The molecule has 36 heavy (non-hydrogen) atoms. The van der Waals surface area contributed by atoms with Crippen molar-refractivity contribution < 1.29 is 19.3 Å². The van der Waals surface area contributed by atoms with E-state index in [0.29, 0.717) is 51.5 Å². The van der Waals surface area contributed by atoms with E-state index < -0.39 is 0 Å². The van der Waals surface area contributed by atoms with Crippen molar-refractivity contribution in [2.45, 2.75) is 45.3 Å². The van der Waals surface area contributed by atoms with Crippen LogP contribution in [0.3, 0.4) is 0 Å². The van der Waals surface area contributed by atoms with E-state index in [1.165, 1.54) is 19.2 Å². The number of pyridine rings is 1. The van der Waals surface area contributed by atoms with Crippen molar-refractivity contribution in [2.75, 3.05) is 33.2 Å². The maximum atomic E-state index is 7.00. The summed E-state index contributed by atoms with van der Waals surface area (Å²) in [5, 5.41) is 16.2. The van der Waals surface area contributed by atoms with E-state index in [4.69, 9.17) is 19.3 Å². The fourth-order valence-corrected chi connectivity index (χ4v) is 5.37. The maximum Gasteiger partial charge on any atom is 0.245 e. The third kappa shape index (κ3) is 6.16. The van der Waals surface area contributed by atoms with E-state index in [0.717, 1.165) is 19.4 Å². The van der Waals surface area contributed by atoms with E-state index in [2.05, 4.69) is 50.6 Å². The largest absolute Gasteiger partial charge is 0.481 e. The number of aromatic nitrogens is 6. The molecule has 1 fully saturated rings. The molecule has 1 saturated carbocycles. The van der Waals surface area contributed by atoms with Crippen molar-refractivity contribution in [1.29, 1.82) is 0 Å². The Morgan fingerprint density at radius 3 is 2.33 bits per heavy atom. The Hall–Kier alpha value is -3.12. The van der Waals surface area contributed by atoms with Crippen LogP contribution < -0.4 is 18.9 Å². The Morgan fingerprint density at radius 2 is 1.75 bits per heavy atom. The van der Waals surface area contributed by atoms with Crippen LogP contribution in [0.15, 0.2) is 24.5 Å². The zero-order chi connectivity index (χ0) is 26.3. The third-order valence-electron chi connectivity index (χ3n) is 5.89. The van der Waals surface area contributed by atoms with Crippen LogP contribution in [0.2, 0.25) is 0 Å². The Labute approximate surface area is 216 Å². The second-order valence-electron chi connectivity index (χ2n) is 9.19. The Kier molecular flexibility index (Phi) is 9.32. The summed E-state index contributed by atoms with van der Waals surface area (Å²) in [6.45, 7) is 6.89. The van der Waals surface area contributed by atoms with E-state index in [1.54, 1.807) is 43.9 Å². The molecular formula is C24H35N7O4S. The van der Waals surface area contributed by atoms with Crippen molar-refractivity contribution in [3.63, 3.8) is 0 Å². The molecule has 0 radical (unpaired) electrons. The van der Waals surface area contributed by atoms with E-state index in [-0.39, 0.29) is 0 Å². The molecule has 0 saturated heterocycles. The van der Waals surface area contributed by atoms with Crippen molar-refractivity contribution in [2.24, 2.45) is 11.3 Å². The molecular weight excluding hydrogens is 482 g/mol. The van der Waals surface area contributed by atoms with Crippen LogP contribution in [-0.4, -0.2) is 68.5 Å². The van der Waals surface area contributed by atoms with Crippen molar-refractivity contribution >= 4 is 17.9 Å². The quantitative estimate of drug-likeness (QED) is 0.378. The van der Waals surface area contributed by atoms with Gasteiger partial charge in [-0.05, 0) is 48.6 Å². The van der Waals surface area contributed by atoms with Gasteiger partial charge in [0.2, 0.25) is 23.6 Å². The molecule has 1 aliphatic rings. The van der Waals surface area contributed by atoms with Crippen LogP contribution in [0.4, 0.5) is 5.95 Å². The number of hydrogen-bond acceptors (Lipinski definition) is 11.